The Bertz CT molecular complexity index is 621. The molecule has 1 N–H and O–H groups in total. The van der Waals surface area contributed by atoms with E-state index in [4.69, 9.17) is 0 Å². The Morgan fingerprint density at radius 1 is 1.36 bits per heavy atom. The Hall–Kier alpha value is -2.17. The largest absolute Gasteiger partial charge is 0.356 e. The van der Waals surface area contributed by atoms with Gasteiger partial charge in [-0.1, -0.05) is 31.2 Å². The smallest absolute Gasteiger partial charge is 0.220 e. The zero-order chi connectivity index (χ0) is 15.9. The summed E-state index contributed by atoms with van der Waals surface area (Å²) in [6.07, 6.45) is 2.93. The van der Waals surface area contributed by atoms with Gasteiger partial charge in [-0.2, -0.15) is 0 Å². The Morgan fingerprint density at radius 3 is 2.86 bits per heavy atom. The third-order valence-corrected chi connectivity index (χ3v) is 3.92. The molecule has 0 bridgehead atoms. The van der Waals surface area contributed by atoms with Gasteiger partial charge in [0.05, 0.1) is 0 Å². The fraction of sp³-hybridized carbons (Fsp3) is 0.471. The van der Waals surface area contributed by atoms with Gasteiger partial charge in [-0.05, 0) is 30.9 Å². The van der Waals surface area contributed by atoms with Crippen molar-refractivity contribution in [3.63, 3.8) is 0 Å². The standard InChI is InChI=1S/C17H24N4O/c1-4-21-12-19-20-16(21)9-10-18-17(22)11-14(3)15-8-6-5-7-13(15)2/h5-8,12,14H,4,9-11H2,1-3H3,(H,18,22)/t14-/m1/s1. The lowest BCUT2D eigenvalue weighted by Crippen LogP contribution is -2.27. The van der Waals surface area contributed by atoms with Gasteiger partial charge >= 0.3 is 0 Å². The zero-order valence-electron chi connectivity index (χ0n) is 13.5. The van der Waals surface area contributed by atoms with Crippen molar-refractivity contribution in [1.29, 1.82) is 0 Å². The van der Waals surface area contributed by atoms with E-state index in [0.29, 0.717) is 19.4 Å². The van der Waals surface area contributed by atoms with Gasteiger partial charge in [-0.25, -0.2) is 0 Å². The van der Waals surface area contributed by atoms with Gasteiger partial charge in [0.15, 0.2) is 0 Å². The summed E-state index contributed by atoms with van der Waals surface area (Å²) in [5, 5.41) is 10.9. The second-order valence-electron chi connectivity index (χ2n) is 5.59. The van der Waals surface area contributed by atoms with Crippen molar-refractivity contribution >= 4 is 5.91 Å². The van der Waals surface area contributed by atoms with Gasteiger partial charge in [0.2, 0.25) is 5.91 Å². The molecule has 1 heterocycles. The summed E-state index contributed by atoms with van der Waals surface area (Å²) >= 11 is 0. The molecule has 0 saturated carbocycles. The fourth-order valence-electron chi connectivity index (χ4n) is 2.65. The van der Waals surface area contributed by atoms with Gasteiger partial charge in [-0.3, -0.25) is 4.79 Å². The lowest BCUT2D eigenvalue weighted by molar-refractivity contribution is -0.121. The number of aryl methyl sites for hydroxylation is 2. The SMILES string of the molecule is CCn1cnnc1CCNC(=O)C[C@@H](C)c1ccccc1C. The molecule has 0 aliphatic carbocycles. The minimum Gasteiger partial charge on any atom is -0.356 e. The average molecular weight is 300 g/mol. The van der Waals surface area contributed by atoms with Crippen LogP contribution in [-0.2, 0) is 17.8 Å². The van der Waals surface area contributed by atoms with Crippen LogP contribution < -0.4 is 5.32 Å². The fourth-order valence-corrected chi connectivity index (χ4v) is 2.65. The van der Waals surface area contributed by atoms with Crippen LogP contribution >= 0.6 is 0 Å². The van der Waals surface area contributed by atoms with Crippen molar-refractivity contribution in [2.45, 2.75) is 46.1 Å². The van der Waals surface area contributed by atoms with Crippen LogP contribution in [-0.4, -0.2) is 27.2 Å². The Balaban J connectivity index is 1.80. The molecule has 1 amide bonds. The summed E-state index contributed by atoms with van der Waals surface area (Å²) in [6, 6.07) is 8.22. The predicted molar refractivity (Wildman–Crippen MR) is 86.6 cm³/mol. The van der Waals surface area contributed by atoms with E-state index >= 15 is 0 Å². The molecule has 0 aliphatic rings. The number of aromatic nitrogens is 3. The molecule has 118 valence electrons. The second-order valence-corrected chi connectivity index (χ2v) is 5.59. The highest BCUT2D eigenvalue weighted by molar-refractivity contribution is 5.76. The normalized spacial score (nSPS) is 12.1. The lowest BCUT2D eigenvalue weighted by atomic mass is 9.93. The van der Waals surface area contributed by atoms with E-state index in [0.717, 1.165) is 12.4 Å². The predicted octanol–water partition coefficient (Wildman–Crippen LogP) is 2.46. The number of carbonyl (C=O) groups excluding carboxylic acids is 1. The van der Waals surface area contributed by atoms with Crippen LogP contribution in [0.3, 0.4) is 0 Å². The van der Waals surface area contributed by atoms with Crippen LogP contribution in [0.2, 0.25) is 0 Å². The summed E-state index contributed by atoms with van der Waals surface area (Å²) in [7, 11) is 0. The Morgan fingerprint density at radius 2 is 2.14 bits per heavy atom. The number of nitrogens with one attached hydrogen (secondary N) is 1. The van der Waals surface area contributed by atoms with Crippen molar-refractivity contribution in [2.24, 2.45) is 0 Å². The van der Waals surface area contributed by atoms with Gasteiger partial charge in [0.1, 0.15) is 12.2 Å². The molecule has 5 nitrogen and oxygen atoms in total. The highest BCUT2D eigenvalue weighted by Crippen LogP contribution is 2.22. The summed E-state index contributed by atoms with van der Waals surface area (Å²) in [6.45, 7) is 7.67. The number of rotatable bonds is 7. The van der Waals surface area contributed by atoms with Crippen LogP contribution in [0, 0.1) is 6.92 Å². The highest BCUT2D eigenvalue weighted by Gasteiger charge is 2.13. The lowest BCUT2D eigenvalue weighted by Gasteiger charge is -2.14. The molecular weight excluding hydrogens is 276 g/mol. The Kier molecular flexibility index (Phi) is 5.69. The van der Waals surface area contributed by atoms with E-state index in [-0.39, 0.29) is 11.8 Å². The minimum absolute atomic E-state index is 0.0818. The molecule has 2 aromatic rings. The first kappa shape index (κ1) is 16.2. The van der Waals surface area contributed by atoms with Crippen molar-refractivity contribution < 1.29 is 4.79 Å². The number of nitrogens with zero attached hydrogens (tertiary/aromatic N) is 3. The zero-order valence-corrected chi connectivity index (χ0v) is 13.5. The Labute approximate surface area is 131 Å². The highest BCUT2D eigenvalue weighted by atomic mass is 16.1. The maximum Gasteiger partial charge on any atom is 0.220 e. The number of hydrogen-bond acceptors (Lipinski definition) is 3. The maximum atomic E-state index is 12.1. The molecule has 0 saturated heterocycles. The third kappa shape index (κ3) is 4.16. The number of amides is 1. The van der Waals surface area contributed by atoms with Crippen molar-refractivity contribution in [3.05, 3.63) is 47.5 Å². The monoisotopic (exact) mass is 300 g/mol. The van der Waals surface area contributed by atoms with Crippen LogP contribution in [0.25, 0.3) is 0 Å². The van der Waals surface area contributed by atoms with Crippen LogP contribution in [0.5, 0.6) is 0 Å². The molecule has 1 aromatic heterocycles. The number of carbonyl (C=O) groups is 1. The number of hydrogen-bond donors (Lipinski definition) is 1. The molecule has 0 unspecified atom stereocenters. The summed E-state index contributed by atoms with van der Waals surface area (Å²) in [4.78, 5) is 12.1. The van der Waals surface area contributed by atoms with Crippen LogP contribution in [0.1, 0.15) is 43.1 Å². The molecule has 22 heavy (non-hydrogen) atoms. The van der Waals surface area contributed by atoms with E-state index in [1.54, 1.807) is 6.33 Å². The quantitative estimate of drug-likeness (QED) is 0.854. The van der Waals surface area contributed by atoms with Crippen molar-refractivity contribution in [2.75, 3.05) is 6.54 Å². The second kappa shape index (κ2) is 7.73. The van der Waals surface area contributed by atoms with Gasteiger partial charge in [0.25, 0.3) is 0 Å². The minimum atomic E-state index is 0.0818. The van der Waals surface area contributed by atoms with E-state index in [1.165, 1.54) is 11.1 Å². The van der Waals surface area contributed by atoms with E-state index in [9.17, 15) is 4.79 Å². The molecule has 0 aliphatic heterocycles. The van der Waals surface area contributed by atoms with Crippen molar-refractivity contribution in [3.8, 4) is 0 Å². The van der Waals surface area contributed by atoms with Gasteiger partial charge < -0.3 is 9.88 Å². The maximum absolute atomic E-state index is 12.1. The van der Waals surface area contributed by atoms with E-state index in [1.807, 2.05) is 16.7 Å². The number of benzene rings is 1. The molecule has 5 heteroatoms. The van der Waals surface area contributed by atoms with E-state index < -0.39 is 0 Å². The first-order valence-electron chi connectivity index (χ1n) is 7.80. The molecular formula is C17H24N4O. The molecule has 0 spiro atoms. The molecule has 1 atom stereocenters. The molecule has 0 radical (unpaired) electrons. The third-order valence-electron chi connectivity index (χ3n) is 3.92. The van der Waals surface area contributed by atoms with Gasteiger partial charge in [0, 0.05) is 25.9 Å². The molecule has 0 fully saturated rings. The molecule has 2 rings (SSSR count). The molecule has 1 aromatic carbocycles. The van der Waals surface area contributed by atoms with E-state index in [2.05, 4.69) is 48.4 Å². The summed E-state index contributed by atoms with van der Waals surface area (Å²) < 4.78 is 1.99. The van der Waals surface area contributed by atoms with Crippen LogP contribution in [0.15, 0.2) is 30.6 Å². The summed E-state index contributed by atoms with van der Waals surface area (Å²) in [5.74, 6) is 1.22. The van der Waals surface area contributed by atoms with Crippen molar-refractivity contribution in [1.82, 2.24) is 20.1 Å². The average Bonchev–Trinajstić information content (AvgIpc) is 2.95. The summed E-state index contributed by atoms with van der Waals surface area (Å²) in [5.41, 5.74) is 2.47. The van der Waals surface area contributed by atoms with Crippen LogP contribution in [0.4, 0.5) is 0 Å². The first-order valence-corrected chi connectivity index (χ1v) is 7.80. The van der Waals surface area contributed by atoms with Gasteiger partial charge in [-0.15, -0.1) is 10.2 Å². The topological polar surface area (TPSA) is 59.8 Å². The first-order chi connectivity index (χ1) is 10.6.